The molecule has 0 saturated heterocycles. The second-order valence-corrected chi connectivity index (χ2v) is 5.23. The Morgan fingerprint density at radius 3 is 2.62 bits per heavy atom. The zero-order valence-corrected chi connectivity index (χ0v) is 11.3. The molecule has 0 unspecified atom stereocenters. The summed E-state index contributed by atoms with van der Waals surface area (Å²) in [6.07, 6.45) is 5.00. The van der Waals surface area contributed by atoms with Gasteiger partial charge in [0.25, 0.3) is 0 Å². The van der Waals surface area contributed by atoms with Crippen LogP contribution in [-0.4, -0.2) is 15.0 Å². The van der Waals surface area contributed by atoms with Crippen LogP contribution in [0.1, 0.15) is 5.69 Å². The molecule has 2 aromatic heterocycles. The first kappa shape index (κ1) is 11.8. The molecule has 0 aliphatic carbocycles. The highest BCUT2D eigenvalue weighted by Gasteiger charge is 1.99. The van der Waals surface area contributed by atoms with E-state index in [2.05, 4.69) is 30.9 Å². The van der Waals surface area contributed by atoms with E-state index < -0.39 is 0 Å². The van der Waals surface area contributed by atoms with Gasteiger partial charge in [0.1, 0.15) is 5.15 Å². The molecule has 0 aliphatic heterocycles. The van der Waals surface area contributed by atoms with Crippen molar-refractivity contribution in [2.75, 3.05) is 0 Å². The molecule has 0 aliphatic rings. The monoisotopic (exact) mass is 315 g/mol. The molecule has 2 heterocycles. The number of pyridine rings is 1. The molecule has 3 nitrogen and oxygen atoms in total. The number of rotatable bonds is 3. The Balaban J connectivity index is 1.97. The van der Waals surface area contributed by atoms with Crippen LogP contribution in [0.25, 0.3) is 0 Å². The van der Waals surface area contributed by atoms with Gasteiger partial charge < -0.3 is 0 Å². The van der Waals surface area contributed by atoms with E-state index in [0.29, 0.717) is 5.15 Å². The van der Waals surface area contributed by atoms with Crippen molar-refractivity contribution in [3.05, 3.63) is 46.0 Å². The molecule has 0 aromatic carbocycles. The minimum Gasteiger partial charge on any atom is -0.256 e. The van der Waals surface area contributed by atoms with Crippen molar-refractivity contribution in [3.63, 3.8) is 0 Å². The van der Waals surface area contributed by atoms with E-state index in [1.165, 1.54) is 0 Å². The van der Waals surface area contributed by atoms with Crippen molar-refractivity contribution >= 4 is 39.3 Å². The Kier molecular flexibility index (Phi) is 4.15. The molecule has 0 atom stereocenters. The summed E-state index contributed by atoms with van der Waals surface area (Å²) in [5.41, 5.74) is 0.888. The van der Waals surface area contributed by atoms with E-state index in [1.807, 2.05) is 12.1 Å². The third kappa shape index (κ3) is 3.43. The quantitative estimate of drug-likeness (QED) is 0.811. The maximum Gasteiger partial charge on any atom is 0.147 e. The summed E-state index contributed by atoms with van der Waals surface area (Å²) in [4.78, 5) is 12.4. The van der Waals surface area contributed by atoms with Crippen LogP contribution in [0, 0.1) is 0 Å². The van der Waals surface area contributed by atoms with Gasteiger partial charge >= 0.3 is 0 Å². The Labute approximate surface area is 111 Å². The Morgan fingerprint density at radius 2 is 2.00 bits per heavy atom. The number of aromatic nitrogens is 3. The fourth-order valence-corrected chi connectivity index (χ4v) is 2.08. The van der Waals surface area contributed by atoms with Crippen LogP contribution >= 0.6 is 39.3 Å². The molecular formula is C10H7BrClN3S. The molecule has 2 aromatic rings. The molecule has 6 heteroatoms. The summed E-state index contributed by atoms with van der Waals surface area (Å²) in [7, 11) is 0. The first-order valence-electron chi connectivity index (χ1n) is 4.45. The number of halogens is 2. The Bertz CT molecular complexity index is 415. The predicted molar refractivity (Wildman–Crippen MR) is 68.5 cm³/mol. The summed E-state index contributed by atoms with van der Waals surface area (Å²) in [6, 6.07) is 3.92. The lowest BCUT2D eigenvalue weighted by Crippen LogP contribution is -1.89. The molecule has 16 heavy (non-hydrogen) atoms. The van der Waals surface area contributed by atoms with Crippen LogP contribution in [0.5, 0.6) is 0 Å². The normalized spacial score (nSPS) is 10.4. The van der Waals surface area contributed by atoms with Crippen molar-refractivity contribution in [2.45, 2.75) is 10.8 Å². The van der Waals surface area contributed by atoms with Gasteiger partial charge in [0, 0.05) is 16.4 Å². The van der Waals surface area contributed by atoms with Gasteiger partial charge in [-0.15, -0.1) is 0 Å². The molecule has 0 amide bonds. The van der Waals surface area contributed by atoms with Gasteiger partial charge in [-0.1, -0.05) is 23.4 Å². The first-order valence-corrected chi connectivity index (χ1v) is 6.60. The molecule has 0 bridgehead atoms. The molecule has 2 rings (SSSR count). The zero-order chi connectivity index (χ0) is 11.4. The smallest absolute Gasteiger partial charge is 0.147 e. The molecule has 0 spiro atoms. The van der Waals surface area contributed by atoms with Crippen LogP contribution < -0.4 is 0 Å². The Hall–Kier alpha value is -0.650. The van der Waals surface area contributed by atoms with Gasteiger partial charge in [0.2, 0.25) is 0 Å². The third-order valence-corrected chi connectivity index (χ3v) is 3.38. The molecule has 0 fully saturated rings. The maximum atomic E-state index is 5.65. The van der Waals surface area contributed by atoms with Gasteiger partial charge in [0.15, 0.2) is 0 Å². The van der Waals surface area contributed by atoms with Crippen molar-refractivity contribution in [1.82, 2.24) is 15.0 Å². The SMILES string of the molecule is Clc1cnc(CSc2ccc(Br)cn2)cn1. The van der Waals surface area contributed by atoms with Crippen LogP contribution in [-0.2, 0) is 5.75 Å². The average molecular weight is 317 g/mol. The second-order valence-electron chi connectivity index (χ2n) is 2.93. The molecule has 0 saturated carbocycles. The van der Waals surface area contributed by atoms with Crippen LogP contribution in [0.15, 0.2) is 40.2 Å². The van der Waals surface area contributed by atoms with Gasteiger partial charge in [-0.05, 0) is 28.1 Å². The lowest BCUT2D eigenvalue weighted by Gasteiger charge is -2.00. The van der Waals surface area contributed by atoms with Crippen LogP contribution in [0.3, 0.4) is 0 Å². The van der Waals surface area contributed by atoms with Gasteiger partial charge in [-0.2, -0.15) is 0 Å². The molecule has 0 radical (unpaired) electrons. The number of nitrogens with zero attached hydrogens (tertiary/aromatic N) is 3. The fraction of sp³-hybridized carbons (Fsp3) is 0.100. The minimum atomic E-state index is 0.413. The number of hydrogen-bond donors (Lipinski definition) is 0. The summed E-state index contributed by atoms with van der Waals surface area (Å²) in [5, 5.41) is 1.37. The number of thioether (sulfide) groups is 1. The molecule has 82 valence electrons. The van der Waals surface area contributed by atoms with Crippen molar-refractivity contribution in [3.8, 4) is 0 Å². The highest BCUT2D eigenvalue weighted by molar-refractivity contribution is 9.10. The van der Waals surface area contributed by atoms with Gasteiger partial charge in [-0.25, -0.2) is 9.97 Å². The fourth-order valence-electron chi connectivity index (χ4n) is 1.01. The van der Waals surface area contributed by atoms with Crippen molar-refractivity contribution < 1.29 is 0 Å². The van der Waals surface area contributed by atoms with E-state index in [4.69, 9.17) is 11.6 Å². The summed E-state index contributed by atoms with van der Waals surface area (Å²) >= 11 is 10.6. The molecule has 0 N–H and O–H groups in total. The second kappa shape index (κ2) is 5.61. The summed E-state index contributed by atoms with van der Waals surface area (Å²) in [5.74, 6) is 0.735. The first-order chi connectivity index (χ1) is 7.74. The largest absolute Gasteiger partial charge is 0.256 e. The van der Waals surface area contributed by atoms with Gasteiger partial charge in [-0.3, -0.25) is 4.98 Å². The minimum absolute atomic E-state index is 0.413. The highest BCUT2D eigenvalue weighted by atomic mass is 79.9. The zero-order valence-electron chi connectivity index (χ0n) is 8.10. The number of hydrogen-bond acceptors (Lipinski definition) is 4. The topological polar surface area (TPSA) is 38.7 Å². The molecular weight excluding hydrogens is 310 g/mol. The van der Waals surface area contributed by atoms with E-state index in [1.54, 1.807) is 30.4 Å². The predicted octanol–water partition coefficient (Wildman–Crippen LogP) is 3.58. The van der Waals surface area contributed by atoms with E-state index in [9.17, 15) is 0 Å². The summed E-state index contributed by atoms with van der Waals surface area (Å²) < 4.78 is 0.975. The van der Waals surface area contributed by atoms with E-state index >= 15 is 0 Å². The van der Waals surface area contributed by atoms with E-state index in [0.717, 1.165) is 20.9 Å². The lowest BCUT2D eigenvalue weighted by molar-refractivity contribution is 1.08. The maximum absolute atomic E-state index is 5.65. The highest BCUT2D eigenvalue weighted by Crippen LogP contribution is 2.20. The third-order valence-electron chi connectivity index (χ3n) is 1.74. The Morgan fingerprint density at radius 1 is 1.12 bits per heavy atom. The average Bonchev–Trinajstić information content (AvgIpc) is 2.30. The standard InChI is InChI=1S/C10H7BrClN3S/c11-7-1-2-10(15-3-7)16-6-8-4-14-9(12)5-13-8/h1-5H,6H2. The van der Waals surface area contributed by atoms with Crippen molar-refractivity contribution in [2.24, 2.45) is 0 Å². The van der Waals surface area contributed by atoms with Crippen LogP contribution in [0.4, 0.5) is 0 Å². The van der Waals surface area contributed by atoms with E-state index in [-0.39, 0.29) is 0 Å². The lowest BCUT2D eigenvalue weighted by atomic mass is 10.5. The van der Waals surface area contributed by atoms with Crippen molar-refractivity contribution in [1.29, 1.82) is 0 Å². The summed E-state index contributed by atoms with van der Waals surface area (Å²) in [6.45, 7) is 0. The van der Waals surface area contributed by atoms with Gasteiger partial charge in [0.05, 0.1) is 23.1 Å². The van der Waals surface area contributed by atoms with Crippen LogP contribution in [0.2, 0.25) is 5.15 Å².